The van der Waals surface area contributed by atoms with Crippen molar-refractivity contribution in [1.82, 2.24) is 9.55 Å². The summed E-state index contributed by atoms with van der Waals surface area (Å²) < 4.78 is 14.6. The highest BCUT2D eigenvalue weighted by Crippen LogP contribution is 2.42. The molecule has 0 radical (unpaired) electrons. The first-order valence-corrected chi connectivity index (χ1v) is 10.4. The van der Waals surface area contributed by atoms with E-state index in [1.54, 1.807) is 14.2 Å². The zero-order valence-corrected chi connectivity index (χ0v) is 18.2. The molecule has 0 amide bonds. The predicted octanol–water partition coefficient (Wildman–Crippen LogP) is 5.87. The summed E-state index contributed by atoms with van der Waals surface area (Å²) in [5.74, 6) is 2.23. The van der Waals surface area contributed by atoms with Crippen molar-refractivity contribution in [3.63, 3.8) is 0 Å². The third-order valence-corrected chi connectivity index (χ3v) is 5.88. The molecule has 0 saturated carbocycles. The smallest absolute Gasteiger partial charge is 0.209 e. The van der Waals surface area contributed by atoms with Crippen LogP contribution in [0.15, 0.2) is 77.3 Å². The highest BCUT2D eigenvalue weighted by molar-refractivity contribution is 9.10. The van der Waals surface area contributed by atoms with E-state index in [1.165, 1.54) is 0 Å². The maximum Gasteiger partial charge on any atom is 0.209 e. The third kappa shape index (κ3) is 3.04. The molecule has 0 fully saturated rings. The Bertz CT molecular complexity index is 1260. The van der Waals surface area contributed by atoms with E-state index < -0.39 is 0 Å². The number of halogens is 1. The number of allylic oxidation sites excluding steroid dienone is 1. The molecule has 0 aliphatic carbocycles. The Kier molecular flexibility index (Phi) is 4.71. The second kappa shape index (κ2) is 7.54. The van der Waals surface area contributed by atoms with Crippen LogP contribution in [0.25, 0.3) is 16.7 Å². The molecule has 2 heterocycles. The van der Waals surface area contributed by atoms with Gasteiger partial charge in [0.15, 0.2) is 11.5 Å². The molecule has 6 heteroatoms. The summed E-state index contributed by atoms with van der Waals surface area (Å²) in [5.41, 5.74) is 5.10. The van der Waals surface area contributed by atoms with Crippen LogP contribution in [0.1, 0.15) is 17.2 Å². The zero-order chi connectivity index (χ0) is 20.7. The molecule has 0 saturated heterocycles. The molecular formula is C24H20BrN3O2. The Hall–Kier alpha value is -3.25. The van der Waals surface area contributed by atoms with Gasteiger partial charge in [-0.05, 0) is 42.0 Å². The SMILES string of the molecule is COc1cccc([C@@H]2C=C(c3ccc(Br)cc3)Nc3nc4ccccc4n32)c1OC. The molecule has 5 rings (SSSR count). The number of fused-ring (bicyclic) bond motifs is 3. The van der Waals surface area contributed by atoms with Gasteiger partial charge in [0.05, 0.1) is 31.3 Å². The number of anilines is 1. The van der Waals surface area contributed by atoms with Gasteiger partial charge in [-0.1, -0.05) is 52.3 Å². The molecule has 0 spiro atoms. The van der Waals surface area contributed by atoms with E-state index in [4.69, 9.17) is 14.5 Å². The van der Waals surface area contributed by atoms with Gasteiger partial charge in [0.25, 0.3) is 0 Å². The van der Waals surface area contributed by atoms with Gasteiger partial charge < -0.3 is 14.8 Å². The molecule has 150 valence electrons. The van der Waals surface area contributed by atoms with E-state index in [2.05, 4.69) is 56.2 Å². The van der Waals surface area contributed by atoms with Gasteiger partial charge in [0.1, 0.15) is 0 Å². The van der Waals surface area contributed by atoms with E-state index >= 15 is 0 Å². The van der Waals surface area contributed by atoms with Crippen LogP contribution < -0.4 is 14.8 Å². The van der Waals surface area contributed by atoms with Gasteiger partial charge in [-0.25, -0.2) is 4.98 Å². The average Bonchev–Trinajstić information content (AvgIpc) is 3.17. The number of imidazole rings is 1. The summed E-state index contributed by atoms with van der Waals surface area (Å²) in [6.45, 7) is 0. The first kappa shape index (κ1) is 18.8. The Morgan fingerprint density at radius 2 is 1.73 bits per heavy atom. The fourth-order valence-corrected chi connectivity index (χ4v) is 4.24. The molecular weight excluding hydrogens is 442 g/mol. The van der Waals surface area contributed by atoms with Crippen molar-refractivity contribution in [3.05, 3.63) is 88.4 Å². The van der Waals surface area contributed by atoms with Crippen molar-refractivity contribution in [1.29, 1.82) is 0 Å². The van der Waals surface area contributed by atoms with Gasteiger partial charge in [0, 0.05) is 15.7 Å². The van der Waals surface area contributed by atoms with E-state index in [9.17, 15) is 0 Å². The van der Waals surface area contributed by atoms with Crippen molar-refractivity contribution >= 4 is 38.6 Å². The number of hydrogen-bond acceptors (Lipinski definition) is 4. The lowest BCUT2D eigenvalue weighted by Crippen LogP contribution is -2.19. The first-order valence-electron chi connectivity index (χ1n) is 9.62. The molecule has 4 aromatic rings. The molecule has 1 aliphatic rings. The Balaban J connectivity index is 1.75. The van der Waals surface area contributed by atoms with Crippen molar-refractivity contribution in [2.75, 3.05) is 19.5 Å². The predicted molar refractivity (Wildman–Crippen MR) is 123 cm³/mol. The Morgan fingerprint density at radius 1 is 0.933 bits per heavy atom. The summed E-state index contributed by atoms with van der Waals surface area (Å²) in [7, 11) is 3.33. The maximum absolute atomic E-state index is 5.77. The second-order valence-electron chi connectivity index (χ2n) is 7.03. The highest BCUT2D eigenvalue weighted by Gasteiger charge is 2.28. The fourth-order valence-electron chi connectivity index (χ4n) is 3.98. The highest BCUT2D eigenvalue weighted by atomic mass is 79.9. The quantitative estimate of drug-likeness (QED) is 0.412. The number of rotatable bonds is 4. The van der Waals surface area contributed by atoms with E-state index in [1.807, 2.05) is 42.5 Å². The molecule has 5 nitrogen and oxygen atoms in total. The molecule has 0 unspecified atom stereocenters. The van der Waals surface area contributed by atoms with Gasteiger partial charge in [-0.3, -0.25) is 4.57 Å². The summed E-state index contributed by atoms with van der Waals surface area (Å²) in [4.78, 5) is 4.85. The Labute approximate surface area is 183 Å². The van der Waals surface area contributed by atoms with Crippen LogP contribution in [0.4, 0.5) is 5.95 Å². The summed E-state index contributed by atoms with van der Waals surface area (Å²) in [6, 6.07) is 22.3. The maximum atomic E-state index is 5.77. The lowest BCUT2D eigenvalue weighted by atomic mass is 9.99. The number of benzene rings is 3. The number of hydrogen-bond donors (Lipinski definition) is 1. The largest absolute Gasteiger partial charge is 0.493 e. The van der Waals surface area contributed by atoms with Crippen LogP contribution in [0.3, 0.4) is 0 Å². The minimum absolute atomic E-state index is 0.114. The molecule has 3 aromatic carbocycles. The monoisotopic (exact) mass is 461 g/mol. The molecule has 1 aromatic heterocycles. The van der Waals surface area contributed by atoms with Crippen molar-refractivity contribution in [2.24, 2.45) is 0 Å². The van der Waals surface area contributed by atoms with Crippen LogP contribution in [0, 0.1) is 0 Å². The number of nitrogens with zero attached hydrogens (tertiary/aromatic N) is 2. The normalized spacial score (nSPS) is 15.3. The fraction of sp³-hybridized carbons (Fsp3) is 0.125. The molecule has 30 heavy (non-hydrogen) atoms. The van der Waals surface area contributed by atoms with Crippen LogP contribution in [0.5, 0.6) is 11.5 Å². The van der Waals surface area contributed by atoms with Crippen LogP contribution in [-0.4, -0.2) is 23.8 Å². The van der Waals surface area contributed by atoms with Crippen LogP contribution >= 0.6 is 15.9 Å². The van der Waals surface area contributed by atoms with E-state index in [0.29, 0.717) is 5.75 Å². The van der Waals surface area contributed by atoms with Crippen molar-refractivity contribution < 1.29 is 9.47 Å². The summed E-state index contributed by atoms with van der Waals surface area (Å²) in [5, 5.41) is 3.51. The van der Waals surface area contributed by atoms with Crippen molar-refractivity contribution in [3.8, 4) is 11.5 Å². The van der Waals surface area contributed by atoms with Gasteiger partial charge in [-0.15, -0.1) is 0 Å². The molecule has 0 bridgehead atoms. The lowest BCUT2D eigenvalue weighted by Gasteiger charge is -2.28. The second-order valence-corrected chi connectivity index (χ2v) is 7.95. The molecule has 1 atom stereocenters. The summed E-state index contributed by atoms with van der Waals surface area (Å²) in [6.07, 6.45) is 2.21. The van der Waals surface area contributed by atoms with E-state index in [0.717, 1.165) is 44.0 Å². The number of aromatic nitrogens is 2. The summed E-state index contributed by atoms with van der Waals surface area (Å²) >= 11 is 3.52. The zero-order valence-electron chi connectivity index (χ0n) is 16.6. The van der Waals surface area contributed by atoms with Gasteiger partial charge in [-0.2, -0.15) is 0 Å². The number of para-hydroxylation sites is 3. The van der Waals surface area contributed by atoms with Crippen molar-refractivity contribution in [2.45, 2.75) is 6.04 Å². The topological polar surface area (TPSA) is 48.3 Å². The first-order chi connectivity index (χ1) is 14.7. The Morgan fingerprint density at radius 3 is 2.50 bits per heavy atom. The average molecular weight is 462 g/mol. The molecule has 1 aliphatic heterocycles. The standard InChI is InChI=1S/C24H20BrN3O2/c1-29-22-9-5-6-17(23(22)30-2)21-14-19(15-10-12-16(25)13-11-15)27-24-26-18-7-3-4-8-20(18)28(21)24/h3-14,21H,1-2H3,(H,26,27)/t21-/m0/s1. The third-order valence-electron chi connectivity index (χ3n) is 5.35. The van der Waals surface area contributed by atoms with Gasteiger partial charge in [0.2, 0.25) is 5.95 Å². The van der Waals surface area contributed by atoms with E-state index in [-0.39, 0.29) is 6.04 Å². The number of nitrogens with one attached hydrogen (secondary N) is 1. The lowest BCUT2D eigenvalue weighted by molar-refractivity contribution is 0.350. The van der Waals surface area contributed by atoms with Gasteiger partial charge >= 0.3 is 0 Å². The number of ether oxygens (including phenoxy) is 2. The van der Waals surface area contributed by atoms with Crippen LogP contribution in [-0.2, 0) is 0 Å². The van der Waals surface area contributed by atoms with Crippen LogP contribution in [0.2, 0.25) is 0 Å². The molecule has 1 N–H and O–H groups in total. The minimum atomic E-state index is -0.114. The number of methoxy groups -OCH3 is 2. The minimum Gasteiger partial charge on any atom is -0.493 e.